The van der Waals surface area contributed by atoms with Gasteiger partial charge < -0.3 is 10.1 Å². The number of rotatable bonds is 6. The molecule has 0 aliphatic rings. The van der Waals surface area contributed by atoms with Crippen LogP contribution in [-0.4, -0.2) is 28.3 Å². The van der Waals surface area contributed by atoms with Gasteiger partial charge in [-0.25, -0.2) is 4.79 Å². The summed E-state index contributed by atoms with van der Waals surface area (Å²) in [4.78, 5) is 24.6. The first-order chi connectivity index (χ1) is 13.4. The highest BCUT2D eigenvalue weighted by atomic mass is 16.5. The largest absolute Gasteiger partial charge is 0.452 e. The van der Waals surface area contributed by atoms with E-state index in [1.54, 1.807) is 17.7 Å². The Bertz CT molecular complexity index is 994. The molecule has 0 unspecified atom stereocenters. The molecule has 1 aromatic heterocycles. The Morgan fingerprint density at radius 3 is 2.50 bits per heavy atom. The number of nitrogens with one attached hydrogen (secondary N) is 1. The Labute approximate surface area is 164 Å². The number of hydrogen-bond donors (Lipinski definition) is 1. The van der Waals surface area contributed by atoms with E-state index >= 15 is 0 Å². The summed E-state index contributed by atoms with van der Waals surface area (Å²) in [5.41, 5.74) is 4.49. The highest BCUT2D eigenvalue weighted by Gasteiger charge is 2.21. The summed E-state index contributed by atoms with van der Waals surface area (Å²) in [6.07, 6.45) is 0. The minimum atomic E-state index is -0.547. The molecule has 0 saturated carbocycles. The van der Waals surface area contributed by atoms with Crippen molar-refractivity contribution >= 4 is 17.6 Å². The van der Waals surface area contributed by atoms with Crippen LogP contribution < -0.4 is 5.32 Å². The van der Waals surface area contributed by atoms with Gasteiger partial charge in [-0.05, 0) is 44.0 Å². The quantitative estimate of drug-likeness (QED) is 0.666. The molecule has 3 rings (SSSR count). The zero-order chi connectivity index (χ0) is 20.1. The lowest BCUT2D eigenvalue weighted by atomic mass is 10.2. The van der Waals surface area contributed by atoms with E-state index in [-0.39, 0.29) is 12.5 Å². The number of esters is 1. The van der Waals surface area contributed by atoms with Crippen molar-refractivity contribution < 1.29 is 14.3 Å². The molecule has 0 radical (unpaired) electrons. The van der Waals surface area contributed by atoms with Crippen molar-refractivity contribution in [2.24, 2.45) is 0 Å². The minimum absolute atomic E-state index is 0.352. The van der Waals surface area contributed by atoms with Crippen LogP contribution in [-0.2, 0) is 16.1 Å². The van der Waals surface area contributed by atoms with Crippen molar-refractivity contribution in [1.29, 1.82) is 0 Å². The highest BCUT2D eigenvalue weighted by molar-refractivity contribution is 5.96. The third kappa shape index (κ3) is 4.65. The van der Waals surface area contributed by atoms with Gasteiger partial charge in [0.05, 0.1) is 17.9 Å². The number of carbonyl (C=O) groups is 2. The van der Waals surface area contributed by atoms with Crippen LogP contribution in [0.4, 0.5) is 5.69 Å². The average Bonchev–Trinajstić information content (AvgIpc) is 2.94. The van der Waals surface area contributed by atoms with Gasteiger partial charge in [0.2, 0.25) is 0 Å². The molecule has 0 saturated heterocycles. The number of amides is 1. The third-order valence-electron chi connectivity index (χ3n) is 4.40. The summed E-state index contributed by atoms with van der Waals surface area (Å²) >= 11 is 0. The molecule has 3 aromatic rings. The SMILES string of the molecule is Cc1cccc(NC(=O)COC(=O)c2c(C)nn(Cc3ccccc3)c2C)c1. The summed E-state index contributed by atoms with van der Waals surface area (Å²) in [7, 11) is 0. The van der Waals surface area contributed by atoms with Crippen LogP contribution in [0, 0.1) is 20.8 Å². The zero-order valence-corrected chi connectivity index (χ0v) is 16.2. The fourth-order valence-electron chi connectivity index (χ4n) is 3.03. The van der Waals surface area contributed by atoms with Gasteiger partial charge in [-0.15, -0.1) is 0 Å². The maximum Gasteiger partial charge on any atom is 0.342 e. The summed E-state index contributed by atoms with van der Waals surface area (Å²) < 4.78 is 6.99. The van der Waals surface area contributed by atoms with Gasteiger partial charge >= 0.3 is 5.97 Å². The Morgan fingerprint density at radius 2 is 1.79 bits per heavy atom. The first kappa shape index (κ1) is 19.4. The number of aromatic nitrogens is 2. The van der Waals surface area contributed by atoms with E-state index in [1.807, 2.05) is 62.4 Å². The lowest BCUT2D eigenvalue weighted by Crippen LogP contribution is -2.21. The molecule has 6 heteroatoms. The molecule has 1 amide bonds. The second-order valence-electron chi connectivity index (χ2n) is 6.68. The van der Waals surface area contributed by atoms with Crippen molar-refractivity contribution in [3.05, 3.63) is 82.7 Å². The molecule has 0 spiro atoms. The van der Waals surface area contributed by atoms with Gasteiger partial charge in [0.15, 0.2) is 6.61 Å². The lowest BCUT2D eigenvalue weighted by Gasteiger charge is -2.08. The molecule has 0 atom stereocenters. The topological polar surface area (TPSA) is 73.2 Å². The van der Waals surface area contributed by atoms with Gasteiger partial charge in [-0.3, -0.25) is 9.48 Å². The van der Waals surface area contributed by atoms with E-state index in [0.717, 1.165) is 11.1 Å². The first-order valence-corrected chi connectivity index (χ1v) is 9.05. The van der Waals surface area contributed by atoms with Gasteiger partial charge in [-0.1, -0.05) is 42.5 Å². The zero-order valence-electron chi connectivity index (χ0n) is 16.2. The fraction of sp³-hybridized carbons (Fsp3) is 0.227. The van der Waals surface area contributed by atoms with Crippen molar-refractivity contribution in [3.63, 3.8) is 0 Å². The normalized spacial score (nSPS) is 10.5. The number of benzene rings is 2. The molecule has 28 heavy (non-hydrogen) atoms. The van der Waals surface area contributed by atoms with Crippen LogP contribution in [0.1, 0.15) is 32.9 Å². The molecule has 0 bridgehead atoms. The van der Waals surface area contributed by atoms with E-state index in [4.69, 9.17) is 4.74 Å². The van der Waals surface area contributed by atoms with Gasteiger partial charge in [-0.2, -0.15) is 5.10 Å². The Balaban J connectivity index is 1.63. The Hall–Kier alpha value is -3.41. The smallest absolute Gasteiger partial charge is 0.342 e. The van der Waals surface area contributed by atoms with Gasteiger partial charge in [0.25, 0.3) is 5.91 Å². The maximum atomic E-state index is 12.5. The molecular formula is C22H23N3O3. The minimum Gasteiger partial charge on any atom is -0.452 e. The molecule has 1 heterocycles. The van der Waals surface area contributed by atoms with E-state index < -0.39 is 5.97 Å². The summed E-state index contributed by atoms with van der Waals surface area (Å²) in [6.45, 7) is 5.74. The molecule has 2 aromatic carbocycles. The number of carbonyl (C=O) groups excluding carboxylic acids is 2. The first-order valence-electron chi connectivity index (χ1n) is 9.05. The van der Waals surface area contributed by atoms with Crippen molar-refractivity contribution in [2.75, 3.05) is 11.9 Å². The highest BCUT2D eigenvalue weighted by Crippen LogP contribution is 2.16. The van der Waals surface area contributed by atoms with Crippen LogP contribution in [0.25, 0.3) is 0 Å². The van der Waals surface area contributed by atoms with Crippen LogP contribution >= 0.6 is 0 Å². The number of aryl methyl sites for hydroxylation is 2. The molecular weight excluding hydrogens is 354 g/mol. The van der Waals surface area contributed by atoms with Crippen molar-refractivity contribution in [2.45, 2.75) is 27.3 Å². The van der Waals surface area contributed by atoms with E-state index in [2.05, 4.69) is 10.4 Å². The predicted octanol–water partition coefficient (Wildman–Crippen LogP) is 3.65. The second-order valence-corrected chi connectivity index (χ2v) is 6.68. The lowest BCUT2D eigenvalue weighted by molar-refractivity contribution is -0.119. The van der Waals surface area contributed by atoms with Crippen LogP contribution in [0.2, 0.25) is 0 Å². The van der Waals surface area contributed by atoms with E-state index in [9.17, 15) is 9.59 Å². The molecule has 144 valence electrons. The second kappa shape index (κ2) is 8.52. The van der Waals surface area contributed by atoms with Crippen LogP contribution in [0.3, 0.4) is 0 Å². The summed E-state index contributed by atoms with van der Waals surface area (Å²) in [5, 5.41) is 7.17. The van der Waals surface area contributed by atoms with Crippen molar-refractivity contribution in [3.8, 4) is 0 Å². The average molecular weight is 377 g/mol. The fourth-order valence-corrected chi connectivity index (χ4v) is 3.03. The van der Waals surface area contributed by atoms with E-state index in [1.165, 1.54) is 0 Å². The third-order valence-corrected chi connectivity index (χ3v) is 4.40. The molecule has 6 nitrogen and oxygen atoms in total. The number of hydrogen-bond acceptors (Lipinski definition) is 4. The molecule has 0 fully saturated rings. The predicted molar refractivity (Wildman–Crippen MR) is 107 cm³/mol. The summed E-state index contributed by atoms with van der Waals surface area (Å²) in [5.74, 6) is -0.931. The molecule has 1 N–H and O–H groups in total. The molecule has 0 aliphatic carbocycles. The molecule has 0 aliphatic heterocycles. The monoisotopic (exact) mass is 377 g/mol. The Kier molecular flexibility index (Phi) is 5.89. The standard InChI is InChI=1S/C22H23N3O3/c1-15-8-7-11-19(12-15)23-20(26)14-28-22(27)21-16(2)24-25(17(21)3)13-18-9-5-4-6-10-18/h4-12H,13-14H2,1-3H3,(H,23,26). The van der Waals surface area contributed by atoms with Gasteiger partial charge in [0, 0.05) is 5.69 Å². The number of ether oxygens (including phenoxy) is 1. The van der Waals surface area contributed by atoms with Crippen LogP contribution in [0.15, 0.2) is 54.6 Å². The van der Waals surface area contributed by atoms with E-state index in [0.29, 0.717) is 29.2 Å². The number of anilines is 1. The number of nitrogens with zero attached hydrogens (tertiary/aromatic N) is 2. The maximum absolute atomic E-state index is 12.5. The summed E-state index contributed by atoms with van der Waals surface area (Å²) in [6, 6.07) is 17.3. The van der Waals surface area contributed by atoms with Crippen LogP contribution in [0.5, 0.6) is 0 Å². The van der Waals surface area contributed by atoms with Crippen molar-refractivity contribution in [1.82, 2.24) is 9.78 Å². The van der Waals surface area contributed by atoms with Gasteiger partial charge in [0.1, 0.15) is 5.56 Å². The Morgan fingerprint density at radius 1 is 1.04 bits per heavy atom.